The summed E-state index contributed by atoms with van der Waals surface area (Å²) in [5.41, 5.74) is 2.08. The van der Waals surface area contributed by atoms with Crippen LogP contribution in [-0.2, 0) is 11.8 Å². The van der Waals surface area contributed by atoms with Gasteiger partial charge in [-0.2, -0.15) is 0 Å². The molecule has 182 valence electrons. The van der Waals surface area contributed by atoms with Crippen molar-refractivity contribution in [3.8, 4) is 0 Å². The first-order valence-corrected chi connectivity index (χ1v) is 11.5. The summed E-state index contributed by atoms with van der Waals surface area (Å²) >= 11 is 5.99. The summed E-state index contributed by atoms with van der Waals surface area (Å²) < 4.78 is 21.8. The Morgan fingerprint density at radius 3 is 2.60 bits per heavy atom. The summed E-state index contributed by atoms with van der Waals surface area (Å²) in [7, 11) is 1.60. The van der Waals surface area contributed by atoms with Gasteiger partial charge < -0.3 is 19.4 Å². The Hall–Kier alpha value is -3.49. The Bertz CT molecular complexity index is 1320. The molecule has 1 aliphatic rings. The number of oxime groups is 1. The molecule has 0 bridgehead atoms. The molecular formula is C26H25ClFN3O4. The molecule has 2 heterocycles. The average Bonchev–Trinajstić information content (AvgIpc) is 2.87. The predicted octanol–water partition coefficient (Wildman–Crippen LogP) is 4.05. The summed E-state index contributed by atoms with van der Waals surface area (Å²) in [6.07, 6.45) is 1.67. The van der Waals surface area contributed by atoms with Crippen LogP contribution in [0.2, 0.25) is 5.02 Å². The van der Waals surface area contributed by atoms with E-state index in [-0.39, 0.29) is 28.6 Å². The van der Waals surface area contributed by atoms with Crippen molar-refractivity contribution in [3.05, 3.63) is 104 Å². The Labute approximate surface area is 207 Å². The van der Waals surface area contributed by atoms with Crippen LogP contribution in [-0.4, -0.2) is 52.6 Å². The summed E-state index contributed by atoms with van der Waals surface area (Å²) in [6.45, 7) is 1.98. The van der Waals surface area contributed by atoms with E-state index in [1.54, 1.807) is 54.5 Å². The molecule has 1 fully saturated rings. The van der Waals surface area contributed by atoms with Gasteiger partial charge in [-0.05, 0) is 41.5 Å². The number of aromatic nitrogens is 1. The fourth-order valence-electron chi connectivity index (χ4n) is 4.20. The Morgan fingerprint density at radius 2 is 1.91 bits per heavy atom. The number of pyridine rings is 1. The van der Waals surface area contributed by atoms with E-state index in [4.69, 9.17) is 16.3 Å². The number of aryl methyl sites for hydroxylation is 1. The number of amides is 1. The molecule has 35 heavy (non-hydrogen) atoms. The van der Waals surface area contributed by atoms with Crippen molar-refractivity contribution in [3.63, 3.8) is 0 Å². The smallest absolute Gasteiger partial charge is 0.254 e. The van der Waals surface area contributed by atoms with Crippen molar-refractivity contribution in [1.82, 2.24) is 9.47 Å². The monoisotopic (exact) mass is 497 g/mol. The SMILES string of the molecule is Cn1cc(/C(CC(c2cccc(C(=O)N3CCOCC3)c2)c2ccc(Cl)cc2F)=N/O)ccc1=O. The molecule has 0 radical (unpaired) electrons. The van der Waals surface area contributed by atoms with Crippen molar-refractivity contribution in [2.75, 3.05) is 26.3 Å². The molecule has 1 unspecified atom stereocenters. The first-order valence-electron chi connectivity index (χ1n) is 11.2. The number of halogens is 2. The highest BCUT2D eigenvalue weighted by Crippen LogP contribution is 2.33. The second-order valence-electron chi connectivity index (χ2n) is 8.37. The van der Waals surface area contributed by atoms with E-state index < -0.39 is 11.7 Å². The second-order valence-corrected chi connectivity index (χ2v) is 8.80. The van der Waals surface area contributed by atoms with Crippen LogP contribution in [0.5, 0.6) is 0 Å². The van der Waals surface area contributed by atoms with Crippen molar-refractivity contribution < 1.29 is 19.1 Å². The molecule has 7 nitrogen and oxygen atoms in total. The maximum atomic E-state index is 15.1. The highest BCUT2D eigenvalue weighted by Gasteiger charge is 2.24. The van der Waals surface area contributed by atoms with Gasteiger partial charge in [0.25, 0.3) is 5.91 Å². The molecule has 1 aromatic heterocycles. The van der Waals surface area contributed by atoms with Crippen molar-refractivity contribution in [2.45, 2.75) is 12.3 Å². The van der Waals surface area contributed by atoms with Gasteiger partial charge in [0, 0.05) is 60.9 Å². The lowest BCUT2D eigenvalue weighted by molar-refractivity contribution is 0.0303. The zero-order valence-corrected chi connectivity index (χ0v) is 19.9. The van der Waals surface area contributed by atoms with Crippen LogP contribution in [0.3, 0.4) is 0 Å². The van der Waals surface area contributed by atoms with Gasteiger partial charge in [-0.15, -0.1) is 0 Å². The number of ether oxygens (including phenoxy) is 1. The first kappa shape index (κ1) is 24.6. The summed E-state index contributed by atoms with van der Waals surface area (Å²) in [5.74, 6) is -1.22. The normalized spacial score (nSPS) is 15.2. The fourth-order valence-corrected chi connectivity index (χ4v) is 4.36. The minimum Gasteiger partial charge on any atom is -0.411 e. The standard InChI is InChI=1S/C26H25ClFN3O4/c1-30-16-19(5-8-25(30)32)24(29-34)15-22(21-7-6-20(27)14-23(21)28)17-3-2-4-18(13-17)26(33)31-9-11-35-12-10-31/h2-8,13-14,16,22,34H,9-12,15H2,1H3/b29-24+. The molecule has 4 rings (SSSR count). The van der Waals surface area contributed by atoms with Gasteiger partial charge in [0.2, 0.25) is 5.56 Å². The van der Waals surface area contributed by atoms with Crippen LogP contribution in [0.25, 0.3) is 0 Å². The number of morpholine rings is 1. The maximum absolute atomic E-state index is 15.1. The van der Waals surface area contributed by atoms with Gasteiger partial charge in [0.1, 0.15) is 5.82 Å². The number of benzene rings is 2. The topological polar surface area (TPSA) is 84.1 Å². The van der Waals surface area contributed by atoms with Crippen LogP contribution < -0.4 is 5.56 Å². The van der Waals surface area contributed by atoms with E-state index in [0.29, 0.717) is 48.6 Å². The molecule has 0 saturated carbocycles. The van der Waals surface area contributed by atoms with Crippen molar-refractivity contribution in [2.24, 2.45) is 12.2 Å². The fraction of sp³-hybridized carbons (Fsp3) is 0.269. The Balaban J connectivity index is 1.74. The second kappa shape index (κ2) is 10.8. The Kier molecular flexibility index (Phi) is 7.63. The van der Waals surface area contributed by atoms with E-state index in [0.717, 1.165) is 0 Å². The minimum absolute atomic E-state index is 0.114. The molecule has 2 aromatic carbocycles. The third kappa shape index (κ3) is 5.61. The molecule has 0 spiro atoms. The summed E-state index contributed by atoms with van der Waals surface area (Å²) in [4.78, 5) is 26.6. The molecule has 1 saturated heterocycles. The van der Waals surface area contributed by atoms with E-state index in [1.807, 2.05) is 6.07 Å². The zero-order valence-electron chi connectivity index (χ0n) is 19.2. The quantitative estimate of drug-likeness (QED) is 0.316. The number of hydrogen-bond acceptors (Lipinski definition) is 5. The third-order valence-corrected chi connectivity index (χ3v) is 6.34. The Morgan fingerprint density at radius 1 is 1.14 bits per heavy atom. The molecule has 1 N–H and O–H groups in total. The number of hydrogen-bond donors (Lipinski definition) is 1. The van der Waals surface area contributed by atoms with E-state index in [2.05, 4.69) is 5.16 Å². The molecule has 1 amide bonds. The van der Waals surface area contributed by atoms with Gasteiger partial charge in [0.05, 0.1) is 18.9 Å². The summed E-state index contributed by atoms with van der Waals surface area (Å²) in [6, 6.07) is 14.4. The number of carbonyl (C=O) groups excluding carboxylic acids is 1. The van der Waals surface area contributed by atoms with Gasteiger partial charge in [0.15, 0.2) is 0 Å². The molecular weight excluding hydrogens is 473 g/mol. The van der Waals surface area contributed by atoms with Crippen molar-refractivity contribution >= 4 is 23.2 Å². The molecule has 3 aromatic rings. The van der Waals surface area contributed by atoms with E-state index >= 15 is 4.39 Å². The highest BCUT2D eigenvalue weighted by molar-refractivity contribution is 6.30. The lowest BCUT2D eigenvalue weighted by Gasteiger charge is -2.27. The molecule has 0 aliphatic carbocycles. The number of rotatable bonds is 6. The van der Waals surface area contributed by atoms with E-state index in [1.165, 1.54) is 16.7 Å². The largest absolute Gasteiger partial charge is 0.411 e. The van der Waals surface area contributed by atoms with Crippen LogP contribution in [0.4, 0.5) is 4.39 Å². The number of carbonyl (C=O) groups is 1. The van der Waals surface area contributed by atoms with Gasteiger partial charge >= 0.3 is 0 Å². The highest BCUT2D eigenvalue weighted by atomic mass is 35.5. The minimum atomic E-state index is -0.590. The predicted molar refractivity (Wildman–Crippen MR) is 131 cm³/mol. The lowest BCUT2D eigenvalue weighted by Crippen LogP contribution is -2.40. The third-order valence-electron chi connectivity index (χ3n) is 6.11. The van der Waals surface area contributed by atoms with E-state index in [9.17, 15) is 14.8 Å². The van der Waals surface area contributed by atoms with Crippen LogP contribution in [0.1, 0.15) is 39.4 Å². The molecule has 9 heteroatoms. The van der Waals surface area contributed by atoms with Crippen LogP contribution in [0, 0.1) is 5.82 Å². The average molecular weight is 498 g/mol. The summed E-state index contributed by atoms with van der Waals surface area (Å²) in [5, 5.41) is 13.5. The van der Waals surface area contributed by atoms with Crippen LogP contribution in [0.15, 0.2) is 70.7 Å². The maximum Gasteiger partial charge on any atom is 0.254 e. The van der Waals surface area contributed by atoms with Crippen LogP contribution >= 0.6 is 11.6 Å². The van der Waals surface area contributed by atoms with Gasteiger partial charge in [-0.1, -0.05) is 35.0 Å². The number of nitrogens with zero attached hydrogens (tertiary/aromatic N) is 3. The lowest BCUT2D eigenvalue weighted by atomic mass is 9.84. The molecule has 1 atom stereocenters. The first-order chi connectivity index (χ1) is 16.9. The van der Waals surface area contributed by atoms with Gasteiger partial charge in [-0.25, -0.2) is 4.39 Å². The van der Waals surface area contributed by atoms with Crippen molar-refractivity contribution in [1.29, 1.82) is 0 Å². The zero-order chi connectivity index (χ0) is 24.9. The van der Waals surface area contributed by atoms with Gasteiger partial charge in [-0.3, -0.25) is 9.59 Å². The molecule has 1 aliphatic heterocycles.